The third-order valence-corrected chi connectivity index (χ3v) is 10.6. The lowest BCUT2D eigenvalue weighted by Gasteiger charge is -2.27. The molecule has 1 aliphatic carbocycles. The maximum atomic E-state index is 12.1. The van der Waals surface area contributed by atoms with E-state index in [4.69, 9.17) is 21.1 Å². The minimum atomic E-state index is -0.193. The molecule has 0 saturated heterocycles. The first-order valence-electron chi connectivity index (χ1n) is 17.9. The number of halogens is 1. The Labute approximate surface area is 297 Å². The van der Waals surface area contributed by atoms with E-state index in [-0.39, 0.29) is 22.8 Å². The fourth-order valence-electron chi connectivity index (χ4n) is 7.56. The summed E-state index contributed by atoms with van der Waals surface area (Å²) >= 11 is 7.20. The molecule has 0 spiro atoms. The number of benzene rings is 2. The first-order chi connectivity index (χ1) is 23.5. The van der Waals surface area contributed by atoms with E-state index in [1.807, 2.05) is 13.8 Å². The molecule has 7 heteroatoms. The summed E-state index contributed by atoms with van der Waals surface area (Å²) in [5.74, 6) is -0.297. The van der Waals surface area contributed by atoms with E-state index < -0.39 is 0 Å². The van der Waals surface area contributed by atoms with Crippen LogP contribution in [0.2, 0.25) is 0 Å². The summed E-state index contributed by atoms with van der Waals surface area (Å²) in [6.45, 7) is 15.0. The van der Waals surface area contributed by atoms with Crippen LogP contribution < -0.4 is 4.90 Å². The summed E-state index contributed by atoms with van der Waals surface area (Å²) in [5, 5.41) is 0.823. The van der Waals surface area contributed by atoms with Gasteiger partial charge in [-0.05, 0) is 82.2 Å². The molecule has 0 fully saturated rings. The van der Waals surface area contributed by atoms with Crippen LogP contribution in [0.5, 0.6) is 0 Å². The molecular weight excluding hydrogens is 632 g/mol. The number of allylic oxidation sites excluding steroid dienone is 8. The van der Waals surface area contributed by atoms with Crippen LogP contribution in [0.4, 0.5) is 11.4 Å². The lowest BCUT2D eigenvalue weighted by atomic mass is 9.81. The quantitative estimate of drug-likeness (QED) is 0.155. The summed E-state index contributed by atoms with van der Waals surface area (Å²) in [6.07, 6.45) is 14.0. The molecule has 5 rings (SSSR count). The smallest absolute Gasteiger partial charge is 0.306 e. The lowest BCUT2D eigenvalue weighted by molar-refractivity contribution is -0.438. The molecule has 0 atom stereocenters. The van der Waals surface area contributed by atoms with Gasteiger partial charge in [-0.15, -0.1) is 0 Å². The highest BCUT2D eigenvalue weighted by molar-refractivity contribution is 6.32. The van der Waals surface area contributed by atoms with E-state index in [2.05, 4.69) is 110 Å². The Morgan fingerprint density at radius 3 is 2.20 bits per heavy atom. The van der Waals surface area contributed by atoms with Gasteiger partial charge < -0.3 is 14.4 Å². The Balaban J connectivity index is 1.43. The number of para-hydroxylation sites is 2. The number of hydrogen-bond acceptors (Lipinski definition) is 5. The number of carbonyl (C=O) groups is 2. The Kier molecular flexibility index (Phi) is 11.7. The van der Waals surface area contributed by atoms with Gasteiger partial charge in [0.25, 0.3) is 0 Å². The van der Waals surface area contributed by atoms with Crippen LogP contribution in [-0.2, 0) is 29.9 Å². The Morgan fingerprint density at radius 2 is 1.49 bits per heavy atom. The van der Waals surface area contributed by atoms with Crippen molar-refractivity contribution in [1.82, 2.24) is 0 Å². The van der Waals surface area contributed by atoms with Crippen LogP contribution in [0.15, 0.2) is 94.7 Å². The number of hydrogen-bond donors (Lipinski definition) is 0. The number of rotatable bonds is 13. The third kappa shape index (κ3) is 7.80. The van der Waals surface area contributed by atoms with Gasteiger partial charge in [0, 0.05) is 58.9 Å². The summed E-state index contributed by atoms with van der Waals surface area (Å²) in [4.78, 5) is 26.6. The van der Waals surface area contributed by atoms with Crippen molar-refractivity contribution in [2.24, 2.45) is 0 Å². The van der Waals surface area contributed by atoms with Gasteiger partial charge in [0.1, 0.15) is 6.54 Å². The van der Waals surface area contributed by atoms with E-state index in [9.17, 15) is 9.59 Å². The predicted molar refractivity (Wildman–Crippen MR) is 200 cm³/mol. The minimum Gasteiger partial charge on any atom is -0.466 e. The van der Waals surface area contributed by atoms with Crippen LogP contribution in [0.3, 0.4) is 0 Å². The van der Waals surface area contributed by atoms with E-state index in [0.717, 1.165) is 48.5 Å². The summed E-state index contributed by atoms with van der Waals surface area (Å²) in [7, 11) is 0. The summed E-state index contributed by atoms with van der Waals surface area (Å²) in [5.41, 5.74) is 9.27. The number of fused-ring (bicyclic) bond motifs is 2. The van der Waals surface area contributed by atoms with E-state index >= 15 is 0 Å². The molecule has 6 nitrogen and oxygen atoms in total. The molecule has 260 valence electrons. The predicted octanol–water partition coefficient (Wildman–Crippen LogP) is 9.59. The van der Waals surface area contributed by atoms with Crippen LogP contribution >= 0.6 is 11.6 Å². The molecular formula is C42H52ClN2O4+. The molecule has 0 aromatic heterocycles. The number of carbonyl (C=O) groups excluding carboxylic acids is 2. The Hall–Kier alpha value is -3.90. The molecule has 3 aliphatic rings. The van der Waals surface area contributed by atoms with Gasteiger partial charge in [0.15, 0.2) is 5.71 Å². The van der Waals surface area contributed by atoms with Crippen molar-refractivity contribution in [3.63, 3.8) is 0 Å². The zero-order valence-electron chi connectivity index (χ0n) is 30.1. The SMILES string of the molecule is CCOC(=O)CCCN1C(=CC=C2CCCC(C=CC3=[N+](CCCC(=O)OCC)c4ccccc4C3(C)C)=C2Cl)C(C)(C)c2ccccc21. The topological polar surface area (TPSA) is 58.8 Å². The Morgan fingerprint density at radius 1 is 0.837 bits per heavy atom. The maximum Gasteiger partial charge on any atom is 0.306 e. The molecule has 0 amide bonds. The van der Waals surface area contributed by atoms with Crippen molar-refractivity contribution < 1.29 is 23.6 Å². The molecule has 0 radical (unpaired) electrons. The molecule has 2 aromatic carbocycles. The summed E-state index contributed by atoms with van der Waals surface area (Å²) < 4.78 is 12.7. The van der Waals surface area contributed by atoms with Crippen LogP contribution in [0.25, 0.3) is 0 Å². The molecule has 0 N–H and O–H groups in total. The molecule has 0 saturated carbocycles. The van der Waals surface area contributed by atoms with Gasteiger partial charge in [-0.2, -0.15) is 4.58 Å². The normalized spacial score (nSPS) is 19.6. The maximum absolute atomic E-state index is 12.1. The van der Waals surface area contributed by atoms with Gasteiger partial charge >= 0.3 is 11.9 Å². The fourth-order valence-corrected chi connectivity index (χ4v) is 7.88. The minimum absolute atomic E-state index is 0.149. The van der Waals surface area contributed by atoms with Gasteiger partial charge in [-0.3, -0.25) is 9.59 Å². The average molecular weight is 684 g/mol. The zero-order valence-corrected chi connectivity index (χ0v) is 30.9. The van der Waals surface area contributed by atoms with Crippen LogP contribution in [-0.4, -0.2) is 48.5 Å². The highest BCUT2D eigenvalue weighted by atomic mass is 35.5. The van der Waals surface area contributed by atoms with Gasteiger partial charge in [0.05, 0.1) is 25.0 Å². The molecule has 2 heterocycles. The van der Waals surface area contributed by atoms with Crippen molar-refractivity contribution >= 4 is 40.6 Å². The molecule has 0 unspecified atom stereocenters. The second kappa shape index (κ2) is 15.8. The average Bonchev–Trinajstić information content (AvgIpc) is 3.42. The lowest BCUT2D eigenvalue weighted by Crippen LogP contribution is -2.28. The first kappa shape index (κ1) is 36.4. The third-order valence-electron chi connectivity index (χ3n) is 10.1. The molecule has 49 heavy (non-hydrogen) atoms. The number of esters is 2. The van der Waals surface area contributed by atoms with Crippen molar-refractivity contribution in [1.29, 1.82) is 0 Å². The monoisotopic (exact) mass is 683 g/mol. The first-order valence-corrected chi connectivity index (χ1v) is 18.3. The number of anilines is 1. The molecule has 2 aromatic rings. The second-order valence-corrected chi connectivity index (χ2v) is 14.4. The van der Waals surface area contributed by atoms with Crippen LogP contribution in [0, 0.1) is 0 Å². The van der Waals surface area contributed by atoms with E-state index in [1.165, 1.54) is 33.9 Å². The van der Waals surface area contributed by atoms with Crippen molar-refractivity contribution in [3.8, 4) is 0 Å². The highest BCUT2D eigenvalue weighted by Crippen LogP contribution is 2.48. The van der Waals surface area contributed by atoms with E-state index in [0.29, 0.717) is 38.9 Å². The van der Waals surface area contributed by atoms with Gasteiger partial charge in [0.2, 0.25) is 5.69 Å². The van der Waals surface area contributed by atoms with Crippen molar-refractivity contribution in [2.45, 2.75) is 97.3 Å². The number of nitrogens with zero attached hydrogens (tertiary/aromatic N) is 2. The molecule has 2 aliphatic heterocycles. The van der Waals surface area contributed by atoms with Crippen molar-refractivity contribution in [3.05, 3.63) is 106 Å². The van der Waals surface area contributed by atoms with Gasteiger partial charge in [-0.1, -0.05) is 74.0 Å². The van der Waals surface area contributed by atoms with E-state index in [1.54, 1.807) is 0 Å². The largest absolute Gasteiger partial charge is 0.466 e. The number of ether oxygens (including phenoxy) is 2. The Bertz CT molecular complexity index is 1730. The zero-order chi connectivity index (χ0) is 35.2. The molecule has 0 bridgehead atoms. The summed E-state index contributed by atoms with van der Waals surface area (Å²) in [6, 6.07) is 17.1. The van der Waals surface area contributed by atoms with Crippen LogP contribution in [0.1, 0.15) is 97.6 Å². The standard InChI is InChI=1S/C42H52ClN2O4/c1-7-48-38(46)22-14-28-44-34-20-11-9-18-32(34)41(3,4)36(44)26-24-30-16-13-17-31(40(30)43)25-27-37-42(5,6)33-19-10-12-21-35(33)45(37)29-15-23-39(47)49-8-2/h9-12,18-21,24-27H,7-8,13-17,22-23,28-29H2,1-6H3/q+1. The second-order valence-electron chi connectivity index (χ2n) is 14.1. The highest BCUT2D eigenvalue weighted by Gasteiger charge is 2.44. The van der Waals surface area contributed by atoms with Crippen molar-refractivity contribution in [2.75, 3.05) is 31.2 Å². The fraction of sp³-hybridized carbons (Fsp3) is 0.452. The van der Waals surface area contributed by atoms with Gasteiger partial charge in [-0.25, -0.2) is 0 Å².